The fraction of sp³-hybridized carbons (Fsp3) is 0.296. The van der Waals surface area contributed by atoms with Crippen LogP contribution >= 0.6 is 0 Å². The lowest BCUT2D eigenvalue weighted by molar-refractivity contribution is -0.117. The number of allylic oxidation sites excluding steroid dienone is 4. The van der Waals surface area contributed by atoms with Crippen molar-refractivity contribution in [3.05, 3.63) is 82.1 Å². The third-order valence-electron chi connectivity index (χ3n) is 6.46. The standard InChI is InChI=1S/C27H23FO6/c1-32-23-14-15(12-13-20(23)34-27(31)16-6-2-3-7-17(16)28)24-25-18(29)8-4-10-21(25)33-22-11-5-9-19(30)26(22)24/h2-3,6-7,12-14,24H,4-5,8-11H2,1H3. The minimum atomic E-state index is -0.852. The Bertz CT molecular complexity index is 1230. The van der Waals surface area contributed by atoms with Gasteiger partial charge in [0.2, 0.25) is 0 Å². The van der Waals surface area contributed by atoms with Gasteiger partial charge in [-0.2, -0.15) is 0 Å². The molecule has 0 atom stereocenters. The number of hydrogen-bond donors (Lipinski definition) is 0. The Kier molecular flexibility index (Phi) is 5.77. The van der Waals surface area contributed by atoms with E-state index in [1.807, 2.05) is 0 Å². The van der Waals surface area contributed by atoms with Crippen molar-refractivity contribution in [1.82, 2.24) is 0 Å². The highest BCUT2D eigenvalue weighted by Gasteiger charge is 2.42. The van der Waals surface area contributed by atoms with Gasteiger partial charge in [0.1, 0.15) is 17.3 Å². The van der Waals surface area contributed by atoms with Crippen molar-refractivity contribution >= 4 is 17.5 Å². The van der Waals surface area contributed by atoms with Crippen molar-refractivity contribution in [1.29, 1.82) is 0 Å². The molecule has 0 unspecified atom stereocenters. The van der Waals surface area contributed by atoms with E-state index in [9.17, 15) is 18.8 Å². The van der Waals surface area contributed by atoms with Crippen LogP contribution in [0.15, 0.2) is 65.1 Å². The molecule has 0 fully saturated rings. The molecule has 0 saturated heterocycles. The predicted octanol–water partition coefficient (Wildman–Crippen LogP) is 5.18. The van der Waals surface area contributed by atoms with Gasteiger partial charge in [-0.3, -0.25) is 9.59 Å². The lowest BCUT2D eigenvalue weighted by atomic mass is 9.73. The number of halogens is 1. The first-order valence-corrected chi connectivity index (χ1v) is 11.3. The average Bonchev–Trinajstić information content (AvgIpc) is 2.83. The Morgan fingerprint density at radius 1 is 0.912 bits per heavy atom. The third-order valence-corrected chi connectivity index (χ3v) is 6.46. The Morgan fingerprint density at radius 3 is 2.18 bits per heavy atom. The SMILES string of the molecule is COc1cc(C2C3=C(CCCC3=O)OC3=C2C(=O)CCC3)ccc1OC(=O)c1ccccc1F. The van der Waals surface area contributed by atoms with Crippen LogP contribution < -0.4 is 9.47 Å². The van der Waals surface area contributed by atoms with Crippen molar-refractivity contribution in [2.24, 2.45) is 0 Å². The van der Waals surface area contributed by atoms with Crippen LogP contribution in [-0.4, -0.2) is 24.6 Å². The molecule has 0 aromatic heterocycles. The van der Waals surface area contributed by atoms with Gasteiger partial charge in [0, 0.05) is 42.7 Å². The highest BCUT2D eigenvalue weighted by molar-refractivity contribution is 6.05. The molecule has 1 aliphatic heterocycles. The summed E-state index contributed by atoms with van der Waals surface area (Å²) in [7, 11) is 1.43. The Hall–Kier alpha value is -3.74. The first kappa shape index (κ1) is 22.1. The molecule has 5 rings (SSSR count). The van der Waals surface area contributed by atoms with Gasteiger partial charge in [0.25, 0.3) is 0 Å². The van der Waals surface area contributed by atoms with E-state index in [1.165, 1.54) is 25.3 Å². The van der Waals surface area contributed by atoms with Crippen LogP contribution in [-0.2, 0) is 14.3 Å². The van der Waals surface area contributed by atoms with E-state index in [4.69, 9.17) is 14.2 Å². The number of hydrogen-bond acceptors (Lipinski definition) is 6. The van der Waals surface area contributed by atoms with Crippen LogP contribution in [0.2, 0.25) is 0 Å². The molecular weight excluding hydrogens is 439 g/mol. The van der Waals surface area contributed by atoms with Crippen LogP contribution in [0, 0.1) is 5.82 Å². The van der Waals surface area contributed by atoms with E-state index in [2.05, 4.69) is 0 Å². The number of carbonyl (C=O) groups is 3. The molecule has 0 bridgehead atoms. The van der Waals surface area contributed by atoms with E-state index in [1.54, 1.807) is 24.3 Å². The molecule has 2 aromatic rings. The predicted molar refractivity (Wildman–Crippen MR) is 120 cm³/mol. The molecule has 0 saturated carbocycles. The maximum absolute atomic E-state index is 14.0. The van der Waals surface area contributed by atoms with Crippen LogP contribution in [0.3, 0.4) is 0 Å². The summed E-state index contributed by atoms with van der Waals surface area (Å²) in [4.78, 5) is 38.4. The van der Waals surface area contributed by atoms with E-state index in [0.29, 0.717) is 53.9 Å². The number of ether oxygens (including phenoxy) is 3. The summed E-state index contributed by atoms with van der Waals surface area (Å²) in [5, 5.41) is 0. The van der Waals surface area contributed by atoms with Gasteiger partial charge in [-0.1, -0.05) is 18.2 Å². The summed E-state index contributed by atoms with van der Waals surface area (Å²) < 4.78 is 30.9. The molecule has 0 amide bonds. The summed E-state index contributed by atoms with van der Waals surface area (Å²) in [6.07, 6.45) is 3.55. The number of rotatable bonds is 4. The second-order valence-corrected chi connectivity index (χ2v) is 8.54. The average molecular weight is 462 g/mol. The zero-order valence-electron chi connectivity index (χ0n) is 18.7. The van der Waals surface area contributed by atoms with Gasteiger partial charge < -0.3 is 14.2 Å². The van der Waals surface area contributed by atoms with Gasteiger partial charge in [-0.15, -0.1) is 0 Å². The Balaban J connectivity index is 1.55. The number of carbonyl (C=O) groups excluding carboxylic acids is 3. The smallest absolute Gasteiger partial charge is 0.346 e. The van der Waals surface area contributed by atoms with E-state index in [0.717, 1.165) is 12.8 Å². The van der Waals surface area contributed by atoms with Crippen molar-refractivity contribution in [2.45, 2.75) is 44.4 Å². The molecule has 2 aliphatic carbocycles. The number of ketones is 2. The normalized spacial score (nSPS) is 18.3. The zero-order chi connectivity index (χ0) is 23.8. The van der Waals surface area contributed by atoms with Gasteiger partial charge in [0.05, 0.1) is 12.7 Å². The van der Waals surface area contributed by atoms with Crippen molar-refractivity contribution in [3.8, 4) is 11.5 Å². The second kappa shape index (κ2) is 8.89. The number of benzene rings is 2. The number of Topliss-reactive ketones (excluding diaryl/α,β-unsaturated/α-hetero) is 2. The lowest BCUT2D eigenvalue weighted by Gasteiger charge is -2.36. The molecule has 0 spiro atoms. The Morgan fingerprint density at radius 2 is 1.56 bits per heavy atom. The molecule has 6 nitrogen and oxygen atoms in total. The number of esters is 1. The molecule has 34 heavy (non-hydrogen) atoms. The fourth-order valence-electron chi connectivity index (χ4n) is 4.88. The third kappa shape index (κ3) is 3.81. The van der Waals surface area contributed by atoms with Gasteiger partial charge in [0.15, 0.2) is 23.1 Å². The van der Waals surface area contributed by atoms with Crippen molar-refractivity contribution in [3.63, 3.8) is 0 Å². The monoisotopic (exact) mass is 462 g/mol. The highest BCUT2D eigenvalue weighted by atomic mass is 19.1. The van der Waals surface area contributed by atoms with E-state index < -0.39 is 17.7 Å². The topological polar surface area (TPSA) is 78.9 Å². The second-order valence-electron chi connectivity index (χ2n) is 8.54. The minimum absolute atomic E-state index is 0.0230. The molecule has 7 heteroatoms. The summed E-state index contributed by atoms with van der Waals surface area (Å²) in [5.74, 6) is -0.497. The van der Waals surface area contributed by atoms with Crippen LogP contribution in [0.1, 0.15) is 60.4 Å². The summed E-state index contributed by atoms with van der Waals surface area (Å²) in [6, 6.07) is 10.5. The fourth-order valence-corrected chi connectivity index (χ4v) is 4.88. The first-order valence-electron chi connectivity index (χ1n) is 11.3. The minimum Gasteiger partial charge on any atom is -0.493 e. The van der Waals surface area contributed by atoms with E-state index >= 15 is 0 Å². The largest absolute Gasteiger partial charge is 0.493 e. The summed E-state index contributed by atoms with van der Waals surface area (Å²) >= 11 is 0. The van der Waals surface area contributed by atoms with Crippen LogP contribution in [0.25, 0.3) is 0 Å². The molecule has 2 aromatic carbocycles. The van der Waals surface area contributed by atoms with Gasteiger partial charge in [-0.25, -0.2) is 9.18 Å². The molecule has 0 radical (unpaired) electrons. The van der Waals surface area contributed by atoms with Crippen molar-refractivity contribution in [2.75, 3.05) is 7.11 Å². The first-order chi connectivity index (χ1) is 16.5. The molecule has 174 valence electrons. The molecule has 1 heterocycles. The maximum Gasteiger partial charge on any atom is 0.346 e. The van der Waals surface area contributed by atoms with Crippen LogP contribution in [0.5, 0.6) is 11.5 Å². The molecular formula is C27H23FO6. The van der Waals surface area contributed by atoms with Crippen LogP contribution in [0.4, 0.5) is 4.39 Å². The quantitative estimate of drug-likeness (QED) is 0.460. The Labute approximate surface area is 196 Å². The van der Waals surface area contributed by atoms with Gasteiger partial charge >= 0.3 is 5.97 Å². The van der Waals surface area contributed by atoms with E-state index in [-0.39, 0.29) is 28.6 Å². The van der Waals surface area contributed by atoms with Gasteiger partial charge in [-0.05, 0) is 42.7 Å². The molecule has 3 aliphatic rings. The number of methoxy groups -OCH3 is 1. The summed E-state index contributed by atoms with van der Waals surface area (Å²) in [6.45, 7) is 0. The summed E-state index contributed by atoms with van der Waals surface area (Å²) in [5.41, 5.74) is 1.54. The maximum atomic E-state index is 14.0. The lowest BCUT2D eigenvalue weighted by Crippen LogP contribution is -2.30. The highest BCUT2D eigenvalue weighted by Crippen LogP contribution is 2.48. The van der Waals surface area contributed by atoms with Crippen molar-refractivity contribution < 1.29 is 33.0 Å². The molecule has 0 N–H and O–H groups in total. The zero-order valence-corrected chi connectivity index (χ0v) is 18.7.